The van der Waals surface area contributed by atoms with Crippen LogP contribution in [0.1, 0.15) is 15.3 Å². The van der Waals surface area contributed by atoms with E-state index in [4.69, 9.17) is 4.74 Å². The molecule has 1 aliphatic heterocycles. The molecule has 3 N–H and O–H groups in total. The number of amides is 1. The molecule has 152 valence electrons. The van der Waals surface area contributed by atoms with Gasteiger partial charge in [0.25, 0.3) is 5.91 Å². The molecule has 28 heavy (non-hydrogen) atoms. The Hall–Kier alpha value is -1.80. The number of morpholine rings is 1. The molecule has 3 rings (SSSR count). The summed E-state index contributed by atoms with van der Waals surface area (Å²) in [6.45, 7) is 9.36. The van der Waals surface area contributed by atoms with E-state index < -0.39 is 0 Å². The van der Waals surface area contributed by atoms with Crippen molar-refractivity contribution in [2.45, 2.75) is 20.0 Å². The molecule has 0 aliphatic carbocycles. The van der Waals surface area contributed by atoms with Crippen molar-refractivity contribution in [3.05, 3.63) is 57.5 Å². The van der Waals surface area contributed by atoms with Crippen LogP contribution in [-0.2, 0) is 22.6 Å². The molecule has 1 aliphatic rings. The maximum absolute atomic E-state index is 13.2. The SMILES string of the molecule is Cc1ccc(CN(Cc2ccc(F)cc2)C(=O)C[NH2+]CC[NH+]2CCOCC2)s1. The second-order valence-corrected chi connectivity index (χ2v) is 8.65. The Morgan fingerprint density at radius 3 is 2.61 bits per heavy atom. The Bertz CT molecular complexity index is 744. The number of hydrogen-bond donors (Lipinski definition) is 2. The number of benzene rings is 1. The third kappa shape index (κ3) is 6.67. The van der Waals surface area contributed by atoms with E-state index in [0.29, 0.717) is 19.6 Å². The summed E-state index contributed by atoms with van der Waals surface area (Å²) in [5.74, 6) is -0.137. The van der Waals surface area contributed by atoms with Gasteiger partial charge in [-0.1, -0.05) is 12.1 Å². The maximum Gasteiger partial charge on any atom is 0.278 e. The van der Waals surface area contributed by atoms with Gasteiger partial charge >= 0.3 is 0 Å². The minimum atomic E-state index is -0.255. The first kappa shape index (κ1) is 20.9. The van der Waals surface area contributed by atoms with Gasteiger partial charge in [0, 0.05) is 16.3 Å². The largest absolute Gasteiger partial charge is 0.370 e. The molecule has 0 radical (unpaired) electrons. The first-order chi connectivity index (χ1) is 13.6. The van der Waals surface area contributed by atoms with Crippen molar-refractivity contribution in [2.75, 3.05) is 45.9 Å². The van der Waals surface area contributed by atoms with E-state index in [1.807, 2.05) is 4.90 Å². The second kappa shape index (κ2) is 10.7. The van der Waals surface area contributed by atoms with Gasteiger partial charge in [-0.15, -0.1) is 11.3 Å². The number of halogens is 1. The third-order valence-electron chi connectivity index (χ3n) is 5.00. The molecule has 0 atom stereocenters. The molecule has 1 aromatic heterocycles. The molecule has 1 fully saturated rings. The summed E-state index contributed by atoms with van der Waals surface area (Å²) in [6.07, 6.45) is 0. The lowest BCUT2D eigenvalue weighted by molar-refractivity contribution is -0.919. The first-order valence-electron chi connectivity index (χ1n) is 9.90. The molecule has 5 nitrogen and oxygen atoms in total. The Balaban J connectivity index is 1.53. The van der Waals surface area contributed by atoms with Crippen molar-refractivity contribution in [3.8, 4) is 0 Å². The number of carbonyl (C=O) groups excluding carboxylic acids is 1. The second-order valence-electron chi connectivity index (χ2n) is 7.28. The first-order valence-corrected chi connectivity index (χ1v) is 10.7. The van der Waals surface area contributed by atoms with Gasteiger partial charge in [-0.25, -0.2) is 4.39 Å². The zero-order valence-electron chi connectivity index (χ0n) is 16.5. The van der Waals surface area contributed by atoms with Gasteiger partial charge in [0.05, 0.1) is 19.8 Å². The average Bonchev–Trinajstić information content (AvgIpc) is 3.12. The van der Waals surface area contributed by atoms with Gasteiger partial charge in [0.15, 0.2) is 6.54 Å². The van der Waals surface area contributed by atoms with E-state index in [1.165, 1.54) is 21.9 Å². The van der Waals surface area contributed by atoms with Gasteiger partial charge in [-0.05, 0) is 36.8 Å². The van der Waals surface area contributed by atoms with Crippen LogP contribution in [0.2, 0.25) is 0 Å². The molecule has 0 unspecified atom stereocenters. The Morgan fingerprint density at radius 1 is 1.18 bits per heavy atom. The summed E-state index contributed by atoms with van der Waals surface area (Å²) >= 11 is 1.71. The van der Waals surface area contributed by atoms with Crippen LogP contribution in [0.5, 0.6) is 0 Å². The van der Waals surface area contributed by atoms with E-state index in [2.05, 4.69) is 24.4 Å². The highest BCUT2D eigenvalue weighted by molar-refractivity contribution is 7.11. The molecule has 0 spiro atoms. The number of quaternary nitrogens is 2. The highest BCUT2D eigenvalue weighted by atomic mass is 32.1. The van der Waals surface area contributed by atoms with Crippen molar-refractivity contribution in [1.29, 1.82) is 0 Å². The summed E-state index contributed by atoms with van der Waals surface area (Å²) < 4.78 is 18.6. The Labute approximate surface area is 170 Å². The van der Waals surface area contributed by atoms with E-state index in [0.717, 1.165) is 45.0 Å². The van der Waals surface area contributed by atoms with Crippen LogP contribution in [0.25, 0.3) is 0 Å². The number of rotatable bonds is 9. The van der Waals surface area contributed by atoms with Gasteiger partial charge in [0.1, 0.15) is 32.0 Å². The molecular formula is C21H30FN3O2S+2. The van der Waals surface area contributed by atoms with Gasteiger partial charge in [0.2, 0.25) is 0 Å². The molecule has 7 heteroatoms. The van der Waals surface area contributed by atoms with E-state index in [-0.39, 0.29) is 11.7 Å². The fourth-order valence-electron chi connectivity index (χ4n) is 3.37. The standard InChI is InChI=1S/C21H28FN3O2S/c1-17-2-7-20(28-17)16-25(15-18-3-5-19(22)6-4-18)21(26)14-23-8-9-24-10-12-27-13-11-24/h2-7,23H,8-16H2,1H3/p+2. The molecule has 2 aromatic rings. The van der Waals surface area contributed by atoms with Gasteiger partial charge in [-0.3, -0.25) is 4.79 Å². The van der Waals surface area contributed by atoms with Crippen LogP contribution in [-0.4, -0.2) is 56.7 Å². The third-order valence-corrected chi connectivity index (χ3v) is 5.99. The summed E-state index contributed by atoms with van der Waals surface area (Å²) in [5.41, 5.74) is 0.945. The number of carbonyl (C=O) groups is 1. The number of aryl methyl sites for hydroxylation is 1. The highest BCUT2D eigenvalue weighted by Crippen LogP contribution is 2.18. The number of thiophene rings is 1. The summed E-state index contributed by atoms with van der Waals surface area (Å²) in [4.78, 5) is 18.7. The lowest BCUT2D eigenvalue weighted by Crippen LogP contribution is -3.16. The smallest absolute Gasteiger partial charge is 0.278 e. The number of nitrogens with zero attached hydrogens (tertiary/aromatic N) is 1. The van der Waals surface area contributed by atoms with Crippen LogP contribution in [0.3, 0.4) is 0 Å². The normalized spacial score (nSPS) is 14.9. The zero-order valence-corrected chi connectivity index (χ0v) is 17.3. The maximum atomic E-state index is 13.2. The van der Waals surface area contributed by atoms with Crippen molar-refractivity contribution < 1.29 is 24.1 Å². The predicted octanol–water partition coefficient (Wildman–Crippen LogP) is 0.203. The van der Waals surface area contributed by atoms with Crippen LogP contribution in [0, 0.1) is 12.7 Å². The van der Waals surface area contributed by atoms with Crippen molar-refractivity contribution >= 4 is 17.2 Å². The van der Waals surface area contributed by atoms with E-state index >= 15 is 0 Å². The zero-order chi connectivity index (χ0) is 19.8. The van der Waals surface area contributed by atoms with E-state index in [9.17, 15) is 9.18 Å². The van der Waals surface area contributed by atoms with Crippen molar-refractivity contribution in [3.63, 3.8) is 0 Å². The lowest BCUT2D eigenvalue weighted by atomic mass is 10.2. The number of nitrogens with two attached hydrogens (primary N) is 1. The van der Waals surface area contributed by atoms with Gasteiger partial charge < -0.3 is 19.9 Å². The van der Waals surface area contributed by atoms with Crippen LogP contribution in [0.4, 0.5) is 4.39 Å². The van der Waals surface area contributed by atoms with Crippen LogP contribution < -0.4 is 10.2 Å². The predicted molar refractivity (Wildman–Crippen MR) is 108 cm³/mol. The fraction of sp³-hybridized carbons (Fsp3) is 0.476. The summed E-state index contributed by atoms with van der Waals surface area (Å²) in [6, 6.07) is 10.6. The van der Waals surface area contributed by atoms with Crippen LogP contribution in [0.15, 0.2) is 36.4 Å². The number of nitrogens with one attached hydrogen (secondary N) is 1. The topological polar surface area (TPSA) is 50.6 Å². The molecule has 2 heterocycles. The monoisotopic (exact) mass is 407 g/mol. The fourth-order valence-corrected chi connectivity index (χ4v) is 4.28. The minimum Gasteiger partial charge on any atom is -0.370 e. The van der Waals surface area contributed by atoms with Crippen LogP contribution >= 0.6 is 11.3 Å². The Morgan fingerprint density at radius 2 is 1.93 bits per heavy atom. The molecule has 1 saturated heterocycles. The Kier molecular flexibility index (Phi) is 7.97. The lowest BCUT2D eigenvalue weighted by Gasteiger charge is -2.24. The molecule has 0 saturated carbocycles. The summed E-state index contributed by atoms with van der Waals surface area (Å²) in [5, 5.41) is 2.10. The quantitative estimate of drug-likeness (QED) is 0.584. The van der Waals surface area contributed by atoms with Gasteiger partial charge in [-0.2, -0.15) is 0 Å². The molecule has 1 amide bonds. The molecular weight excluding hydrogens is 377 g/mol. The average molecular weight is 408 g/mol. The van der Waals surface area contributed by atoms with E-state index in [1.54, 1.807) is 28.4 Å². The minimum absolute atomic E-state index is 0.118. The molecule has 0 bridgehead atoms. The highest BCUT2D eigenvalue weighted by Gasteiger charge is 2.18. The molecule has 1 aromatic carbocycles. The summed E-state index contributed by atoms with van der Waals surface area (Å²) in [7, 11) is 0. The van der Waals surface area contributed by atoms with Crippen molar-refractivity contribution in [1.82, 2.24) is 4.90 Å². The number of ether oxygens (including phenoxy) is 1. The number of hydrogen-bond acceptors (Lipinski definition) is 3. The van der Waals surface area contributed by atoms with Crippen molar-refractivity contribution in [2.24, 2.45) is 0 Å².